The highest BCUT2D eigenvalue weighted by atomic mass is 15.2. The van der Waals surface area contributed by atoms with Crippen molar-refractivity contribution in [2.75, 3.05) is 9.80 Å². The molecule has 0 saturated heterocycles. The van der Waals surface area contributed by atoms with Crippen LogP contribution in [0.5, 0.6) is 0 Å². The Morgan fingerprint density at radius 3 is 1.28 bits per heavy atom. The Hall–Kier alpha value is -8.86. The lowest BCUT2D eigenvalue weighted by Gasteiger charge is -2.45. The predicted octanol–water partition coefficient (Wildman–Crippen LogP) is 15.1. The molecule has 12 aromatic carbocycles. The van der Waals surface area contributed by atoms with E-state index in [-0.39, 0.29) is 6.71 Å². The molecule has 1 aromatic heterocycles. The number of hydrogen-bond acceptors (Lipinski definition) is 2. The van der Waals surface area contributed by atoms with Crippen molar-refractivity contribution in [1.82, 2.24) is 4.57 Å². The summed E-state index contributed by atoms with van der Waals surface area (Å²) < 4.78 is 2.43. The molecule has 4 heteroatoms. The lowest BCUT2D eigenvalue weighted by molar-refractivity contribution is 1.18. The fourth-order valence-corrected chi connectivity index (χ4v) is 11.9. The van der Waals surface area contributed by atoms with Crippen molar-refractivity contribution in [3.8, 4) is 16.8 Å². The van der Waals surface area contributed by atoms with Crippen LogP contribution < -0.4 is 26.2 Å². The Kier molecular flexibility index (Phi) is 7.87. The van der Waals surface area contributed by atoms with E-state index in [1.54, 1.807) is 0 Å². The lowest BCUT2D eigenvalue weighted by atomic mass is 9.33. The third-order valence-corrected chi connectivity index (χ3v) is 14.8. The van der Waals surface area contributed by atoms with Crippen LogP contribution in [0.3, 0.4) is 0 Å². The van der Waals surface area contributed by atoms with Gasteiger partial charge in [0.25, 0.3) is 6.71 Å². The van der Waals surface area contributed by atoms with Gasteiger partial charge in [-0.1, -0.05) is 158 Å². The fraction of sp³-hybridized carbons (Fsp3) is 0. The van der Waals surface area contributed by atoms with Crippen LogP contribution in [-0.4, -0.2) is 11.3 Å². The molecule has 0 bridgehead atoms. The molecule has 0 aliphatic carbocycles. The number of hydrogen-bond donors (Lipinski definition) is 0. The maximum Gasteiger partial charge on any atom is 0.252 e. The van der Waals surface area contributed by atoms with Gasteiger partial charge in [0.2, 0.25) is 0 Å². The van der Waals surface area contributed by atoms with Crippen molar-refractivity contribution in [2.24, 2.45) is 0 Å². The molecule has 0 saturated carbocycles. The molecule has 3 nitrogen and oxygen atoms in total. The van der Waals surface area contributed by atoms with Gasteiger partial charge in [-0.15, -0.1) is 0 Å². The van der Waals surface area contributed by atoms with Crippen LogP contribution in [0.4, 0.5) is 34.1 Å². The van der Waals surface area contributed by atoms with Gasteiger partial charge >= 0.3 is 0 Å². The van der Waals surface area contributed by atoms with Gasteiger partial charge in [0, 0.05) is 61.4 Å². The molecular formula is C64H40BN3. The Labute approximate surface area is 394 Å². The van der Waals surface area contributed by atoms with Crippen molar-refractivity contribution in [2.45, 2.75) is 0 Å². The Morgan fingerprint density at radius 1 is 0.279 bits per heavy atom. The topological polar surface area (TPSA) is 11.4 Å². The molecule has 0 N–H and O–H groups in total. The Balaban J connectivity index is 1.10. The van der Waals surface area contributed by atoms with Gasteiger partial charge in [0.15, 0.2) is 0 Å². The standard InChI is InChI=1S/C64H40BN3/c1-4-20-49(21-5-1)66-58-27-15-14-26-52(58)53-31-28-45(38-59(53)66)48-39-60-62-61(40-48)68(51-24-8-3-9-25-51)64-55-37-44-19-13-11-17-42(44)35-47(55)30-33-57(64)65(62)56-32-29-46-34-41-16-10-12-18-43(41)36-54(46)63(56)67(60)50-22-6-2-7-23-50/h1-40H. The van der Waals surface area contributed by atoms with Gasteiger partial charge in [-0.05, 0) is 145 Å². The molecule has 2 aliphatic heterocycles. The monoisotopic (exact) mass is 861 g/mol. The summed E-state index contributed by atoms with van der Waals surface area (Å²) in [5.41, 5.74) is 16.9. The predicted molar refractivity (Wildman–Crippen MR) is 290 cm³/mol. The first-order valence-corrected chi connectivity index (χ1v) is 23.6. The van der Waals surface area contributed by atoms with E-state index in [0.29, 0.717) is 0 Å². The van der Waals surface area contributed by atoms with E-state index >= 15 is 0 Å². The zero-order valence-corrected chi connectivity index (χ0v) is 37.0. The zero-order valence-electron chi connectivity index (χ0n) is 37.0. The lowest BCUT2D eigenvalue weighted by Crippen LogP contribution is -2.61. The molecule has 15 rings (SSSR count). The molecular weight excluding hydrogens is 822 g/mol. The smallest absolute Gasteiger partial charge is 0.252 e. The SMILES string of the molecule is c1ccc(N2c3cc(-c4ccc5c6ccccc6n(-c6ccccc6)c5c4)cc4c3B(c3ccc5cc6ccccc6cc5c32)c2ccc3cc5ccccc5cc3c2N4c2ccccc2)cc1. The van der Waals surface area contributed by atoms with E-state index in [4.69, 9.17) is 0 Å². The number of aromatic nitrogens is 1. The first-order valence-electron chi connectivity index (χ1n) is 23.6. The second-order valence-electron chi connectivity index (χ2n) is 18.5. The maximum atomic E-state index is 2.58. The van der Waals surface area contributed by atoms with Crippen molar-refractivity contribution in [1.29, 1.82) is 0 Å². The highest BCUT2D eigenvalue weighted by Crippen LogP contribution is 2.50. The van der Waals surface area contributed by atoms with E-state index < -0.39 is 0 Å². The van der Waals surface area contributed by atoms with Gasteiger partial charge in [-0.25, -0.2) is 0 Å². The average Bonchev–Trinajstić information content (AvgIpc) is 3.74. The number of anilines is 6. The average molecular weight is 862 g/mol. The summed E-state index contributed by atoms with van der Waals surface area (Å²) >= 11 is 0. The van der Waals surface area contributed by atoms with Crippen LogP contribution >= 0.6 is 0 Å². The summed E-state index contributed by atoms with van der Waals surface area (Å²) in [6, 6.07) is 90.5. The van der Waals surface area contributed by atoms with Crippen LogP contribution in [0.25, 0.3) is 81.7 Å². The van der Waals surface area contributed by atoms with Gasteiger partial charge in [-0.2, -0.15) is 0 Å². The minimum Gasteiger partial charge on any atom is -0.311 e. The zero-order chi connectivity index (χ0) is 44.5. The largest absolute Gasteiger partial charge is 0.311 e. The Morgan fingerprint density at radius 2 is 0.735 bits per heavy atom. The number of para-hydroxylation sites is 4. The second kappa shape index (κ2) is 14.3. The molecule has 0 atom stereocenters. The van der Waals surface area contributed by atoms with Gasteiger partial charge in [0.1, 0.15) is 0 Å². The Bertz CT molecular complexity index is 4030. The summed E-state index contributed by atoms with van der Waals surface area (Å²) in [6.45, 7) is -0.0474. The molecule has 3 heterocycles. The molecule has 2 aliphatic rings. The molecule has 314 valence electrons. The van der Waals surface area contributed by atoms with Gasteiger partial charge in [-0.3, -0.25) is 0 Å². The van der Waals surface area contributed by atoms with Crippen LogP contribution in [0, 0.1) is 0 Å². The van der Waals surface area contributed by atoms with Crippen LogP contribution in [0.2, 0.25) is 0 Å². The van der Waals surface area contributed by atoms with E-state index in [0.717, 1.165) is 22.6 Å². The number of fused-ring (bicyclic) bond motifs is 13. The van der Waals surface area contributed by atoms with Gasteiger partial charge < -0.3 is 14.4 Å². The molecule has 0 fully saturated rings. The number of rotatable bonds is 4. The van der Waals surface area contributed by atoms with Crippen LogP contribution in [0.15, 0.2) is 243 Å². The van der Waals surface area contributed by atoms with Crippen molar-refractivity contribution in [3.05, 3.63) is 243 Å². The second-order valence-corrected chi connectivity index (χ2v) is 18.5. The normalized spacial score (nSPS) is 12.9. The molecule has 13 aromatic rings. The minimum absolute atomic E-state index is 0.0474. The van der Waals surface area contributed by atoms with Crippen LogP contribution in [-0.2, 0) is 0 Å². The van der Waals surface area contributed by atoms with Gasteiger partial charge in [0.05, 0.1) is 11.0 Å². The highest BCUT2D eigenvalue weighted by molar-refractivity contribution is 7.00. The molecule has 0 spiro atoms. The van der Waals surface area contributed by atoms with Crippen molar-refractivity contribution in [3.63, 3.8) is 0 Å². The van der Waals surface area contributed by atoms with Crippen molar-refractivity contribution >= 4 is 122 Å². The quantitative estimate of drug-likeness (QED) is 0.129. The molecule has 0 unspecified atom stereocenters. The first kappa shape index (κ1) is 37.4. The highest BCUT2D eigenvalue weighted by Gasteiger charge is 2.45. The summed E-state index contributed by atoms with van der Waals surface area (Å²) in [4.78, 5) is 5.15. The third kappa shape index (κ3) is 5.37. The molecule has 68 heavy (non-hydrogen) atoms. The van der Waals surface area contributed by atoms with Crippen LogP contribution in [0.1, 0.15) is 0 Å². The van der Waals surface area contributed by atoms with E-state index in [1.807, 2.05) is 0 Å². The summed E-state index contributed by atoms with van der Waals surface area (Å²) in [7, 11) is 0. The van der Waals surface area contributed by atoms with Crippen molar-refractivity contribution < 1.29 is 0 Å². The van der Waals surface area contributed by atoms with E-state index in [2.05, 4.69) is 257 Å². The maximum absolute atomic E-state index is 2.58. The summed E-state index contributed by atoms with van der Waals surface area (Å²) in [6.07, 6.45) is 0. The van der Waals surface area contributed by atoms with E-state index in [1.165, 1.54) is 110 Å². The van der Waals surface area contributed by atoms with E-state index in [9.17, 15) is 0 Å². The number of benzene rings is 12. The number of nitrogens with zero attached hydrogens (tertiary/aromatic N) is 3. The third-order valence-electron chi connectivity index (χ3n) is 14.8. The summed E-state index contributed by atoms with van der Waals surface area (Å²) in [5, 5.41) is 12.4. The first-order chi connectivity index (χ1) is 33.7. The fourth-order valence-electron chi connectivity index (χ4n) is 11.9. The molecule has 0 amide bonds. The minimum atomic E-state index is -0.0474. The molecule has 0 radical (unpaired) electrons. The summed E-state index contributed by atoms with van der Waals surface area (Å²) in [5.74, 6) is 0.